The van der Waals surface area contributed by atoms with Crippen LogP contribution in [0, 0.1) is 6.92 Å². The number of rotatable bonds is 2. The third kappa shape index (κ3) is 2.59. The van der Waals surface area contributed by atoms with Gasteiger partial charge < -0.3 is 4.90 Å². The Kier molecular flexibility index (Phi) is 3.95. The molecule has 0 radical (unpaired) electrons. The molecule has 0 spiro atoms. The van der Waals surface area contributed by atoms with Crippen molar-refractivity contribution >= 4 is 28.4 Å². The van der Waals surface area contributed by atoms with E-state index in [1.54, 1.807) is 22.4 Å². The Balaban J connectivity index is 1.69. The van der Waals surface area contributed by atoms with Crippen molar-refractivity contribution in [1.82, 2.24) is 19.0 Å². The summed E-state index contributed by atoms with van der Waals surface area (Å²) in [6.07, 6.45) is 3.47. The van der Waals surface area contributed by atoms with E-state index < -0.39 is 0 Å². The van der Waals surface area contributed by atoms with Gasteiger partial charge in [0, 0.05) is 26.3 Å². The molecule has 7 heteroatoms. The first-order valence-electron chi connectivity index (χ1n) is 8.43. The van der Waals surface area contributed by atoms with E-state index in [1.807, 2.05) is 35.4 Å². The minimum Gasteiger partial charge on any atom is -0.336 e. The second kappa shape index (κ2) is 6.15. The van der Waals surface area contributed by atoms with Gasteiger partial charge in [0.05, 0.1) is 16.4 Å². The second-order valence-corrected chi connectivity index (χ2v) is 7.45. The number of thiophene rings is 1. The predicted molar refractivity (Wildman–Crippen MR) is 98.2 cm³/mol. The number of carbonyl (C=O) groups excluding carboxylic acids is 1. The Morgan fingerprint density at radius 2 is 2.20 bits per heavy atom. The van der Waals surface area contributed by atoms with Crippen LogP contribution in [0.25, 0.3) is 11.2 Å². The monoisotopic (exact) mass is 356 g/mol. The average Bonchev–Trinajstić information content (AvgIpc) is 3.17. The number of fused-ring (bicyclic) bond motifs is 1. The standard InChI is InChI=1S/C18H20N4O2S/c1-12-7-10-25-15(12)17(23)21-9-4-5-13(11-21)22-16-14(6-3-8-19-16)20(2)18(22)24/h3,6-8,10,13H,4-5,9,11H2,1-2H3/t13-/m0/s1. The summed E-state index contributed by atoms with van der Waals surface area (Å²) in [5.41, 5.74) is 2.47. The maximum atomic E-state index is 12.8. The van der Waals surface area contributed by atoms with Gasteiger partial charge in [-0.2, -0.15) is 0 Å². The van der Waals surface area contributed by atoms with Crippen molar-refractivity contribution in [3.05, 3.63) is 50.7 Å². The van der Waals surface area contributed by atoms with E-state index in [1.165, 1.54) is 11.3 Å². The molecule has 130 valence electrons. The largest absolute Gasteiger partial charge is 0.336 e. The van der Waals surface area contributed by atoms with E-state index in [0.717, 1.165) is 35.3 Å². The van der Waals surface area contributed by atoms with Crippen molar-refractivity contribution < 1.29 is 4.79 Å². The Hall–Kier alpha value is -2.41. The summed E-state index contributed by atoms with van der Waals surface area (Å²) >= 11 is 1.48. The Bertz CT molecular complexity index is 1000. The van der Waals surface area contributed by atoms with Crippen molar-refractivity contribution in [1.29, 1.82) is 0 Å². The van der Waals surface area contributed by atoms with Gasteiger partial charge in [-0.15, -0.1) is 11.3 Å². The molecule has 1 saturated heterocycles. The summed E-state index contributed by atoms with van der Waals surface area (Å²) < 4.78 is 3.39. The van der Waals surface area contributed by atoms with Crippen LogP contribution in [0.3, 0.4) is 0 Å². The number of piperidine rings is 1. The van der Waals surface area contributed by atoms with Gasteiger partial charge in [-0.3, -0.25) is 13.9 Å². The lowest BCUT2D eigenvalue weighted by Gasteiger charge is -2.33. The molecule has 0 aromatic carbocycles. The third-order valence-corrected chi connectivity index (χ3v) is 5.96. The summed E-state index contributed by atoms with van der Waals surface area (Å²) in [4.78, 5) is 32.7. The Morgan fingerprint density at radius 1 is 1.36 bits per heavy atom. The van der Waals surface area contributed by atoms with Gasteiger partial charge in [-0.25, -0.2) is 9.78 Å². The van der Waals surface area contributed by atoms with Crippen LogP contribution < -0.4 is 5.69 Å². The molecule has 0 saturated carbocycles. The van der Waals surface area contributed by atoms with E-state index in [-0.39, 0.29) is 17.6 Å². The summed E-state index contributed by atoms with van der Waals surface area (Å²) in [5.74, 6) is 0.0680. The van der Waals surface area contributed by atoms with Crippen LogP contribution in [-0.4, -0.2) is 38.0 Å². The number of amides is 1. The fraction of sp³-hybridized carbons (Fsp3) is 0.389. The number of carbonyl (C=O) groups is 1. The highest BCUT2D eigenvalue weighted by molar-refractivity contribution is 7.12. The van der Waals surface area contributed by atoms with Crippen LogP contribution in [0.5, 0.6) is 0 Å². The zero-order valence-corrected chi connectivity index (χ0v) is 15.1. The van der Waals surface area contributed by atoms with Gasteiger partial charge in [-0.1, -0.05) is 0 Å². The normalized spacial score (nSPS) is 18.0. The lowest BCUT2D eigenvalue weighted by atomic mass is 10.0. The fourth-order valence-electron chi connectivity index (χ4n) is 3.61. The van der Waals surface area contributed by atoms with Crippen LogP contribution in [-0.2, 0) is 7.05 Å². The van der Waals surface area contributed by atoms with Crippen molar-refractivity contribution in [3.63, 3.8) is 0 Å². The number of aromatic nitrogens is 3. The molecule has 3 aromatic heterocycles. The second-order valence-electron chi connectivity index (χ2n) is 6.54. The molecule has 1 fully saturated rings. The fourth-order valence-corrected chi connectivity index (χ4v) is 4.50. The molecule has 0 aliphatic carbocycles. The first kappa shape index (κ1) is 16.1. The molecular weight excluding hydrogens is 336 g/mol. The van der Waals surface area contributed by atoms with E-state index in [4.69, 9.17) is 0 Å². The zero-order chi connectivity index (χ0) is 17.6. The minimum absolute atomic E-state index is 0.0379. The first-order valence-corrected chi connectivity index (χ1v) is 9.31. The highest BCUT2D eigenvalue weighted by Crippen LogP contribution is 2.26. The molecule has 4 heterocycles. The van der Waals surface area contributed by atoms with Gasteiger partial charge in [-0.05, 0) is 48.9 Å². The van der Waals surface area contributed by atoms with Crippen LogP contribution in [0.1, 0.15) is 34.1 Å². The smallest absolute Gasteiger partial charge is 0.330 e. The SMILES string of the molecule is Cc1ccsc1C(=O)N1CCC[C@H](n2c(=O)n(C)c3cccnc32)C1. The molecule has 0 bridgehead atoms. The molecule has 3 aromatic rings. The molecule has 4 rings (SSSR count). The maximum Gasteiger partial charge on any atom is 0.330 e. The molecule has 1 aliphatic heterocycles. The van der Waals surface area contributed by atoms with E-state index in [0.29, 0.717) is 12.2 Å². The molecule has 1 aliphatic rings. The van der Waals surface area contributed by atoms with Gasteiger partial charge in [0.2, 0.25) is 0 Å². The molecule has 25 heavy (non-hydrogen) atoms. The number of hydrogen-bond acceptors (Lipinski definition) is 4. The highest BCUT2D eigenvalue weighted by Gasteiger charge is 2.29. The van der Waals surface area contributed by atoms with Crippen molar-refractivity contribution in [2.24, 2.45) is 7.05 Å². The van der Waals surface area contributed by atoms with Gasteiger partial charge in [0.1, 0.15) is 0 Å². The van der Waals surface area contributed by atoms with Gasteiger partial charge in [0.25, 0.3) is 5.91 Å². The first-order chi connectivity index (χ1) is 12.1. The van der Waals surface area contributed by atoms with Crippen molar-refractivity contribution in [3.8, 4) is 0 Å². The molecule has 6 nitrogen and oxygen atoms in total. The topological polar surface area (TPSA) is 60.1 Å². The van der Waals surface area contributed by atoms with Gasteiger partial charge in [0.15, 0.2) is 5.65 Å². The lowest BCUT2D eigenvalue weighted by molar-refractivity contribution is 0.0683. The van der Waals surface area contributed by atoms with E-state index in [9.17, 15) is 9.59 Å². The number of hydrogen-bond donors (Lipinski definition) is 0. The number of likely N-dealkylation sites (tertiary alicyclic amines) is 1. The maximum absolute atomic E-state index is 12.8. The lowest BCUT2D eigenvalue weighted by Crippen LogP contribution is -2.42. The molecule has 0 unspecified atom stereocenters. The van der Waals surface area contributed by atoms with Crippen molar-refractivity contribution in [2.45, 2.75) is 25.8 Å². The van der Waals surface area contributed by atoms with Gasteiger partial charge >= 0.3 is 5.69 Å². The number of imidazole rings is 1. The summed E-state index contributed by atoms with van der Waals surface area (Å²) in [7, 11) is 1.77. The minimum atomic E-state index is -0.0692. The quantitative estimate of drug-likeness (QED) is 0.709. The molecular formula is C18H20N4O2S. The third-order valence-electron chi connectivity index (χ3n) is 4.95. The summed E-state index contributed by atoms with van der Waals surface area (Å²) in [6, 6.07) is 5.67. The van der Waals surface area contributed by atoms with E-state index in [2.05, 4.69) is 4.98 Å². The molecule has 1 atom stereocenters. The Labute approximate surface area is 149 Å². The summed E-state index contributed by atoms with van der Waals surface area (Å²) in [6.45, 7) is 3.25. The number of aryl methyl sites for hydroxylation is 2. The zero-order valence-electron chi connectivity index (χ0n) is 14.3. The van der Waals surface area contributed by atoms with Crippen molar-refractivity contribution in [2.75, 3.05) is 13.1 Å². The molecule has 1 amide bonds. The van der Waals surface area contributed by atoms with Crippen LogP contribution in [0.4, 0.5) is 0 Å². The predicted octanol–water partition coefficient (Wildman–Crippen LogP) is 2.58. The number of nitrogens with zero attached hydrogens (tertiary/aromatic N) is 4. The highest BCUT2D eigenvalue weighted by atomic mass is 32.1. The number of pyridine rings is 1. The molecule has 0 N–H and O–H groups in total. The van der Waals surface area contributed by atoms with E-state index >= 15 is 0 Å². The Morgan fingerprint density at radius 3 is 2.96 bits per heavy atom. The van der Waals surface area contributed by atoms with Crippen LogP contribution in [0.15, 0.2) is 34.6 Å². The average molecular weight is 356 g/mol. The van der Waals surface area contributed by atoms with Crippen LogP contribution in [0.2, 0.25) is 0 Å². The van der Waals surface area contributed by atoms with Crippen LogP contribution >= 0.6 is 11.3 Å². The summed E-state index contributed by atoms with van der Waals surface area (Å²) in [5, 5.41) is 1.95.